The highest BCUT2D eigenvalue weighted by atomic mass is 16.7. The van der Waals surface area contributed by atoms with Crippen LogP contribution in [-0.4, -0.2) is 151 Å². The Morgan fingerprint density at radius 3 is 2.10 bits per heavy atom. The van der Waals surface area contributed by atoms with E-state index in [2.05, 4.69) is 34.6 Å². The zero-order valence-electron chi connectivity index (χ0n) is 35.5. The Bertz CT molecular complexity index is 1570. The largest absolute Gasteiger partial charge is 0.457 e. The summed E-state index contributed by atoms with van der Waals surface area (Å²) in [5.41, 5.74) is -3.28. The Balaban J connectivity index is 1.13. The lowest BCUT2D eigenvalue weighted by Crippen LogP contribution is -2.65. The zero-order valence-corrected chi connectivity index (χ0v) is 35.5. The number of rotatable bonds is 8. The molecule has 15 heteroatoms. The molecule has 8 fully saturated rings. The average molecular weight is 827 g/mol. The van der Waals surface area contributed by atoms with Gasteiger partial charge in [0.1, 0.15) is 36.6 Å². The molecule has 0 aromatic rings. The van der Waals surface area contributed by atoms with E-state index in [1.807, 2.05) is 0 Å². The van der Waals surface area contributed by atoms with Crippen molar-refractivity contribution in [2.75, 3.05) is 13.2 Å². The Hall–Kier alpha value is -1.05. The summed E-state index contributed by atoms with van der Waals surface area (Å²) >= 11 is 0. The van der Waals surface area contributed by atoms with Gasteiger partial charge in [-0.25, -0.2) is 0 Å². The normalized spacial score (nSPS) is 56.1. The standard InChI is InChI=1S/C43H70O15/c1-20(45)54-24-18-53-35(31(50)29(24)48)57-26-10-12-43-19-42(43)14-13-39(6)33(41(8)11-9-27(58-41)38(4,5)52)21(46)16-40(39,7)25(42)15-22(34(43)37(26,2)3)55-36-32(51)30(49)28(47)23(17-44)56-36/h21-36,44,46-52H,9-19H2,1-8H3/t21-,22-,23+,24+,25-,26-,27-,28+,29-,30-,31+,32+,33-,34-,35-,36+,39+,40-,41+,42-,43+/m0/s1. The van der Waals surface area contributed by atoms with Crippen molar-refractivity contribution in [1.82, 2.24) is 0 Å². The molecule has 3 heterocycles. The van der Waals surface area contributed by atoms with Gasteiger partial charge in [-0.2, -0.15) is 0 Å². The molecule has 0 bridgehead atoms. The molecule has 332 valence electrons. The summed E-state index contributed by atoms with van der Waals surface area (Å²) in [4.78, 5) is 11.6. The van der Waals surface area contributed by atoms with Crippen LogP contribution in [0.1, 0.15) is 113 Å². The topological polar surface area (TPSA) is 234 Å². The van der Waals surface area contributed by atoms with E-state index >= 15 is 0 Å². The average Bonchev–Trinajstić information content (AvgIpc) is 3.50. The number of esters is 1. The number of hydrogen-bond acceptors (Lipinski definition) is 15. The fraction of sp³-hybridized carbons (Fsp3) is 0.977. The summed E-state index contributed by atoms with van der Waals surface area (Å²) in [6.07, 6.45) is -7.63. The number of hydrogen-bond donors (Lipinski definition) is 8. The molecule has 5 aliphatic carbocycles. The zero-order chi connectivity index (χ0) is 42.3. The van der Waals surface area contributed by atoms with E-state index in [0.29, 0.717) is 25.7 Å². The highest BCUT2D eigenvalue weighted by molar-refractivity contribution is 5.66. The Morgan fingerprint density at radius 2 is 1.47 bits per heavy atom. The number of fused-ring (bicyclic) bond motifs is 2. The second kappa shape index (κ2) is 14.2. The van der Waals surface area contributed by atoms with E-state index < -0.39 is 103 Å². The quantitative estimate of drug-likeness (QED) is 0.127. The smallest absolute Gasteiger partial charge is 0.303 e. The van der Waals surface area contributed by atoms with Crippen molar-refractivity contribution in [3.8, 4) is 0 Å². The van der Waals surface area contributed by atoms with Gasteiger partial charge in [0.25, 0.3) is 0 Å². The number of aliphatic hydroxyl groups is 8. The van der Waals surface area contributed by atoms with Crippen LogP contribution in [0.25, 0.3) is 0 Å². The number of carbonyl (C=O) groups is 1. The van der Waals surface area contributed by atoms with E-state index in [1.54, 1.807) is 13.8 Å². The van der Waals surface area contributed by atoms with E-state index in [9.17, 15) is 45.6 Å². The monoisotopic (exact) mass is 826 g/mol. The van der Waals surface area contributed by atoms with Gasteiger partial charge >= 0.3 is 5.97 Å². The molecular weight excluding hydrogens is 756 g/mol. The molecule has 0 aromatic carbocycles. The van der Waals surface area contributed by atoms with Crippen molar-refractivity contribution in [3.05, 3.63) is 0 Å². The Labute approximate surface area is 341 Å². The Morgan fingerprint density at radius 1 is 0.776 bits per heavy atom. The first kappa shape index (κ1) is 43.6. The first-order valence-corrected chi connectivity index (χ1v) is 21.8. The van der Waals surface area contributed by atoms with Crippen LogP contribution in [-0.2, 0) is 33.2 Å². The number of carbonyl (C=O) groups excluding carboxylic acids is 1. The van der Waals surface area contributed by atoms with Gasteiger partial charge in [-0.15, -0.1) is 0 Å². The highest BCUT2D eigenvalue weighted by Crippen LogP contribution is 2.89. The van der Waals surface area contributed by atoms with Crippen LogP contribution in [0.3, 0.4) is 0 Å². The molecule has 2 spiro atoms. The van der Waals surface area contributed by atoms with E-state index in [-0.39, 0.29) is 52.1 Å². The molecule has 0 unspecified atom stereocenters. The van der Waals surface area contributed by atoms with E-state index in [4.69, 9.17) is 28.4 Å². The van der Waals surface area contributed by atoms with E-state index in [1.165, 1.54) is 6.92 Å². The molecular formula is C43H70O15. The second-order valence-corrected chi connectivity index (χ2v) is 21.6. The molecule has 0 amide bonds. The van der Waals surface area contributed by atoms with Crippen molar-refractivity contribution in [2.24, 2.45) is 44.8 Å². The van der Waals surface area contributed by atoms with Gasteiger partial charge in [0, 0.05) is 12.8 Å². The molecule has 5 saturated carbocycles. The minimum atomic E-state index is -1.61. The third-order valence-electron chi connectivity index (χ3n) is 17.9. The third-order valence-corrected chi connectivity index (χ3v) is 17.9. The maximum absolute atomic E-state index is 12.2. The maximum Gasteiger partial charge on any atom is 0.303 e. The van der Waals surface area contributed by atoms with Gasteiger partial charge in [0.2, 0.25) is 0 Å². The van der Waals surface area contributed by atoms with Crippen LogP contribution in [0.5, 0.6) is 0 Å². The summed E-state index contributed by atoms with van der Waals surface area (Å²) in [6, 6.07) is 0. The summed E-state index contributed by atoms with van der Waals surface area (Å²) < 4.78 is 37.4. The van der Waals surface area contributed by atoms with Crippen LogP contribution in [0.2, 0.25) is 0 Å². The molecule has 21 atom stereocenters. The predicted molar refractivity (Wildman–Crippen MR) is 203 cm³/mol. The minimum absolute atomic E-state index is 0.0840. The summed E-state index contributed by atoms with van der Waals surface area (Å²) in [6.45, 7) is 15.1. The summed E-state index contributed by atoms with van der Waals surface area (Å²) in [5, 5.41) is 88.0. The molecule has 58 heavy (non-hydrogen) atoms. The first-order chi connectivity index (χ1) is 26.9. The molecule has 3 aliphatic heterocycles. The van der Waals surface area contributed by atoms with E-state index in [0.717, 1.165) is 32.1 Å². The van der Waals surface area contributed by atoms with Crippen molar-refractivity contribution < 1.29 is 74.1 Å². The van der Waals surface area contributed by atoms with Gasteiger partial charge in [-0.1, -0.05) is 27.7 Å². The van der Waals surface area contributed by atoms with Crippen LogP contribution in [0.4, 0.5) is 0 Å². The molecule has 8 N–H and O–H groups in total. The summed E-state index contributed by atoms with van der Waals surface area (Å²) in [7, 11) is 0. The SMILES string of the molecule is CC(=O)O[C@@H]1CO[C@@H](O[C@H]2CC[C@]34C[C@]35CC[C@]3(C)[C@@H]([C@@]6(C)CC[C@@H](C(C)(C)O)O6)[C@@H](O)C[C@@]3(C)[C@@H]5C[C@H](O[C@@H]3O[C@H](CO)[C@@H](O)[C@H](O)[C@H]3O)[C@H]4C2(C)C)[C@H](O)[C@H]1O. The minimum Gasteiger partial charge on any atom is -0.457 e. The van der Waals surface area contributed by atoms with Crippen LogP contribution < -0.4 is 0 Å². The lowest BCUT2D eigenvalue weighted by molar-refractivity contribution is -0.339. The van der Waals surface area contributed by atoms with Gasteiger partial charge < -0.3 is 69.3 Å². The third kappa shape index (κ3) is 6.17. The molecule has 8 aliphatic rings. The van der Waals surface area contributed by atoms with Crippen LogP contribution in [0, 0.1) is 44.8 Å². The molecule has 0 radical (unpaired) electrons. The first-order valence-electron chi connectivity index (χ1n) is 21.8. The molecule has 3 saturated heterocycles. The Kier molecular flexibility index (Phi) is 10.7. The van der Waals surface area contributed by atoms with Crippen molar-refractivity contribution in [3.63, 3.8) is 0 Å². The number of ether oxygens (including phenoxy) is 6. The van der Waals surface area contributed by atoms with Crippen molar-refractivity contribution >= 4 is 5.97 Å². The van der Waals surface area contributed by atoms with Crippen LogP contribution >= 0.6 is 0 Å². The lowest BCUT2D eigenvalue weighted by atomic mass is 9.41. The predicted octanol–water partition coefficient (Wildman–Crippen LogP) is 1.29. The van der Waals surface area contributed by atoms with Crippen LogP contribution in [0.15, 0.2) is 0 Å². The molecule has 0 aromatic heterocycles. The highest BCUT2D eigenvalue weighted by Gasteiger charge is 2.85. The molecule has 15 nitrogen and oxygen atoms in total. The molecule has 8 rings (SSSR count). The van der Waals surface area contributed by atoms with Crippen molar-refractivity contribution in [1.29, 1.82) is 0 Å². The van der Waals surface area contributed by atoms with Gasteiger partial charge in [-0.05, 0) is 117 Å². The fourth-order valence-electron chi connectivity index (χ4n) is 15.2. The van der Waals surface area contributed by atoms with Gasteiger partial charge in [0.05, 0.1) is 48.8 Å². The summed E-state index contributed by atoms with van der Waals surface area (Å²) in [5.74, 6) is -0.868. The fourth-order valence-corrected chi connectivity index (χ4v) is 15.2. The lowest BCUT2D eigenvalue weighted by Gasteiger charge is -2.65. The second-order valence-electron chi connectivity index (χ2n) is 21.6. The van der Waals surface area contributed by atoms with Gasteiger partial charge in [0.15, 0.2) is 18.7 Å². The van der Waals surface area contributed by atoms with Gasteiger partial charge in [-0.3, -0.25) is 4.79 Å². The maximum atomic E-state index is 12.2. The van der Waals surface area contributed by atoms with Crippen molar-refractivity contribution in [2.45, 2.75) is 204 Å². The number of aliphatic hydroxyl groups excluding tert-OH is 7.